The van der Waals surface area contributed by atoms with Crippen molar-refractivity contribution in [3.63, 3.8) is 0 Å². The summed E-state index contributed by atoms with van der Waals surface area (Å²) in [7, 11) is 2.60. The van der Waals surface area contributed by atoms with Crippen LogP contribution >= 0.6 is 94.6 Å². The van der Waals surface area contributed by atoms with Crippen LogP contribution in [-0.4, -0.2) is 98.9 Å². The van der Waals surface area contributed by atoms with Crippen molar-refractivity contribution >= 4 is 192 Å². The molecular weight excluding hydrogens is 2180 g/mol. The molecule has 708 valence electrons. The van der Waals surface area contributed by atoms with Gasteiger partial charge in [0.05, 0.1) is 79.0 Å². The molecule has 1 aliphatic carbocycles. The summed E-state index contributed by atoms with van der Waals surface area (Å²) >= 11 is 15.8. The number of nitrogens with two attached hydrogens (primary N) is 1. The van der Waals surface area contributed by atoms with E-state index < -0.39 is 13.9 Å². The molecule has 1 saturated heterocycles. The number of aliphatic hydroxyl groups is 1. The average Bonchev–Trinajstić information content (AvgIpc) is 1.02. The zero-order chi connectivity index (χ0) is 97.1. The Morgan fingerprint density at radius 3 is 1.23 bits per heavy atom. The number of ether oxygens (including phenoxy) is 5. The van der Waals surface area contributed by atoms with Gasteiger partial charge in [-0.05, 0) is 274 Å². The monoisotopic (exact) mass is 2290 g/mol. The van der Waals surface area contributed by atoms with Crippen molar-refractivity contribution in [2.45, 2.75) is 117 Å². The molecule has 13 aromatic rings. The Labute approximate surface area is 877 Å². The minimum Gasteiger partial charge on any atom is -1.00 e. The molecule has 1 fully saturated rings. The van der Waals surface area contributed by atoms with Crippen LogP contribution in [0.1, 0.15) is 197 Å². The standard InChI is InChI=1S/C24H24BrNO.C23H20BrNO2.2C18H18O2.C9H11N.C8H7IO2.C6H4Br2.C4H8O.CH3.BrH.Mg.HO4P.H2/c1-23(2)18-8-5-6-11-21(18)26(17-14-12-16(25)13-15-17)22-19(23)9-7-10-20(22)24(3,4)27;1-23(2)18-8-4-5-10-20(18)25(16-13-11-15(24)12-14-16)21-17(22(26)27-3)7-6-9-19(21)23;1-18(2)15-9-5-4-7-12(15)11-14-13(17(19)20-3)8-6-10-16(14)18;1-13(2)16-10-6-4-8-14(16)12-15-9-5-7-11-17(15)18(19)20-3;1-7(2)8-5-3-4-6-9(8)10;1-11-8(10)6-4-2-3-5-7(6)9;7-5-1-2-6(8)4-3-5;1-2-4-5-3-1;;;;1-4-5(2)3;/h5-15,27H,1-4H3;4-14H,1-3H3;4-10H,11H2,1-3H3;4-11H,1,12H2,2-3H3;3-6H,1,10H2,2H3;2-5H,1H3;1-4H;1-4H2;1H3;1H;;1H;1H/q;;;;;;;;-1;;+2;;/p-1. The van der Waals surface area contributed by atoms with Crippen molar-refractivity contribution in [3.05, 3.63) is 434 Å². The topological polar surface area (TPSA) is 237 Å². The van der Waals surface area contributed by atoms with E-state index in [1.54, 1.807) is 12.1 Å². The number of anilines is 7. The molecule has 3 aliphatic heterocycles. The number of para-hydroxylation sites is 5. The number of hydrogen-bond donors (Lipinski definition) is 3. The van der Waals surface area contributed by atoms with Gasteiger partial charge in [-0.3, -0.25) is 0 Å². The normalized spacial score (nSPS) is 12.9. The number of methoxy groups -OCH3 is 4. The zero-order valence-electron chi connectivity index (χ0n) is 79.1. The maximum atomic E-state index is 12.6. The largest absolute Gasteiger partial charge is 2.00 e. The number of carbonyl (C=O) groups excluding carboxylic acids is 4. The van der Waals surface area contributed by atoms with E-state index in [9.17, 15) is 24.3 Å². The van der Waals surface area contributed by atoms with Gasteiger partial charge in [0.2, 0.25) is 0 Å². The van der Waals surface area contributed by atoms with E-state index in [-0.39, 0.29) is 89.0 Å². The SMILES string of the molecule is Brc1ccc(Br)cc1.C1CCOC1.C=C(C)c1ccccc1Cc1ccccc1C(=O)OC.C=C(C)c1ccccc1N.CC(C)(O)c1cccc2c1N(c1ccc(Br)cc1)c1ccccc1C2(C)C.COC(=O)c1cccc2c1Cc1ccccc1C2(C)C.COC(=O)c1cccc2c1N(c1ccc(Br)cc1)c1ccccc1C2(C)C.COC(=O)c1ccccc1I.O=[P+]([O-])OO.[Br-].[CH3-].[HH].[Mg+2]. The van der Waals surface area contributed by atoms with Gasteiger partial charge in [-0.1, -0.05) is 300 Å². The van der Waals surface area contributed by atoms with Crippen LogP contribution in [0.15, 0.2) is 328 Å². The molecule has 3 heterocycles. The number of benzene rings is 13. The van der Waals surface area contributed by atoms with Crippen molar-refractivity contribution in [1.82, 2.24) is 0 Å². The second-order valence-electron chi connectivity index (χ2n) is 33.3. The Morgan fingerprint density at radius 1 is 0.463 bits per heavy atom. The van der Waals surface area contributed by atoms with E-state index in [1.807, 2.05) is 173 Å². The van der Waals surface area contributed by atoms with Crippen LogP contribution in [-0.2, 0) is 67.6 Å². The van der Waals surface area contributed by atoms with Gasteiger partial charge in [0.1, 0.15) is 0 Å². The average molecular weight is 2300 g/mol. The van der Waals surface area contributed by atoms with Crippen molar-refractivity contribution in [2.75, 3.05) is 57.2 Å². The number of fused-ring (bicyclic) bond motifs is 6. The smallest absolute Gasteiger partial charge is 1.00 e. The van der Waals surface area contributed by atoms with Crippen molar-refractivity contribution < 1.29 is 85.8 Å². The van der Waals surface area contributed by atoms with E-state index in [4.69, 9.17) is 39.4 Å². The van der Waals surface area contributed by atoms with Crippen LogP contribution in [0.5, 0.6) is 0 Å². The van der Waals surface area contributed by atoms with E-state index in [1.165, 1.54) is 74.7 Å². The summed E-state index contributed by atoms with van der Waals surface area (Å²) in [4.78, 5) is 60.8. The molecule has 0 saturated carbocycles. The number of halogens is 6. The molecule has 25 heteroatoms. The summed E-state index contributed by atoms with van der Waals surface area (Å²) in [5.41, 5.74) is 30.9. The molecule has 0 radical (unpaired) electrons. The van der Waals surface area contributed by atoms with Crippen molar-refractivity contribution in [1.29, 1.82) is 0 Å². The Kier molecular flexibility index (Phi) is 45.8. The fourth-order valence-electron chi connectivity index (χ4n) is 16.1. The molecule has 17 nitrogen and oxygen atoms in total. The van der Waals surface area contributed by atoms with Gasteiger partial charge < -0.3 is 73.6 Å². The van der Waals surface area contributed by atoms with E-state index in [2.05, 4.69) is 300 Å². The van der Waals surface area contributed by atoms with Gasteiger partial charge in [-0.2, -0.15) is 0 Å². The number of hydrogen-bond acceptors (Lipinski definition) is 17. The number of nitrogens with zero attached hydrogens (tertiary/aromatic N) is 2. The minimum atomic E-state index is -3.04. The van der Waals surface area contributed by atoms with Crippen molar-refractivity contribution in [2.24, 2.45) is 0 Å². The van der Waals surface area contributed by atoms with Crippen LogP contribution in [0.3, 0.4) is 0 Å². The fourth-order valence-corrected chi connectivity index (χ4v) is 17.8. The van der Waals surface area contributed by atoms with Crippen LogP contribution < -0.4 is 37.4 Å². The predicted octanol–water partition coefficient (Wildman–Crippen LogP) is 26.1. The Hall–Kier alpha value is -9.58. The first-order valence-electron chi connectivity index (χ1n) is 42.7. The summed E-state index contributed by atoms with van der Waals surface area (Å²) in [6, 6.07) is 98.6. The number of nitrogen functional groups attached to an aromatic ring is 1. The van der Waals surface area contributed by atoms with Crippen LogP contribution in [0.4, 0.5) is 39.8 Å². The molecule has 4 aliphatic rings. The molecule has 0 amide bonds. The molecule has 13 aromatic carbocycles. The summed E-state index contributed by atoms with van der Waals surface area (Å²) in [6.07, 6.45) is 4.04. The minimum absolute atomic E-state index is 0. The third-order valence-electron chi connectivity index (χ3n) is 22.7. The van der Waals surface area contributed by atoms with Gasteiger partial charge in [0.25, 0.3) is 0 Å². The number of allylic oxidation sites excluding steroid dienone is 2. The molecular formula is C111H116Br5IMgN3O14P. The maximum Gasteiger partial charge on any atom is 2.00 e. The summed E-state index contributed by atoms with van der Waals surface area (Å²) in [5.74, 6) is -1.16. The Balaban J connectivity index is 0.000000284. The number of esters is 4. The van der Waals surface area contributed by atoms with E-state index in [0.717, 1.165) is 131 Å². The third-order valence-corrected chi connectivity index (χ3v) is 25.9. The number of carbonyl (C=O) groups is 4. The molecule has 4 N–H and O–H groups in total. The Bertz CT molecular complexity index is 6230. The third kappa shape index (κ3) is 29.7. The molecule has 1 atom stereocenters. The van der Waals surface area contributed by atoms with Crippen LogP contribution in [0.25, 0.3) is 11.1 Å². The van der Waals surface area contributed by atoms with Gasteiger partial charge in [-0.25, -0.2) is 24.4 Å². The maximum absolute atomic E-state index is 12.6. The summed E-state index contributed by atoms with van der Waals surface area (Å²) in [5, 5.41) is 18.0. The summed E-state index contributed by atoms with van der Waals surface area (Å²) in [6.45, 7) is 30.8. The second kappa shape index (κ2) is 54.1. The van der Waals surface area contributed by atoms with Gasteiger partial charge >= 0.3 is 55.2 Å². The predicted molar refractivity (Wildman–Crippen MR) is 573 cm³/mol. The van der Waals surface area contributed by atoms with Crippen LogP contribution in [0, 0.1) is 11.0 Å². The zero-order valence-corrected chi connectivity index (χ0v) is 91.5. The van der Waals surface area contributed by atoms with Gasteiger partial charge in [0, 0.05) is 79.6 Å². The van der Waals surface area contributed by atoms with E-state index >= 15 is 0 Å². The van der Waals surface area contributed by atoms with E-state index in [0.29, 0.717) is 28.7 Å². The first-order chi connectivity index (χ1) is 63.4. The molecule has 0 aromatic heterocycles. The Morgan fingerprint density at radius 2 is 0.794 bits per heavy atom. The molecule has 17 rings (SSSR count). The second-order valence-corrected chi connectivity index (χ2v) is 38.7. The first-order valence-corrected chi connectivity index (χ1v) is 48.1. The quantitative estimate of drug-likeness (QED) is 0.0119. The van der Waals surface area contributed by atoms with Gasteiger partial charge in [-0.15, -0.1) is 0 Å². The van der Waals surface area contributed by atoms with Crippen LogP contribution in [0.2, 0.25) is 0 Å². The molecule has 0 bridgehead atoms. The van der Waals surface area contributed by atoms with Gasteiger partial charge in [0.15, 0.2) is 0 Å². The summed E-state index contributed by atoms with van der Waals surface area (Å²) < 4.78 is 41.2. The fraction of sp³-hybridized carbons (Fsp3) is 0.216. The van der Waals surface area contributed by atoms with Crippen molar-refractivity contribution in [3.8, 4) is 0 Å². The molecule has 1 unspecified atom stereocenters. The first kappa shape index (κ1) is 115. The molecule has 0 spiro atoms. The molecule has 136 heavy (non-hydrogen) atoms. The number of rotatable bonds is 12.